The van der Waals surface area contributed by atoms with E-state index in [9.17, 15) is 4.79 Å². The molecule has 7 nitrogen and oxygen atoms in total. The molecule has 1 atom stereocenters. The number of nitrogens with one attached hydrogen (secondary N) is 1. The van der Waals surface area contributed by atoms with E-state index in [0.717, 1.165) is 66.6 Å². The highest BCUT2D eigenvalue weighted by Gasteiger charge is 2.42. The number of rotatable bonds is 4. The third-order valence-corrected chi connectivity index (χ3v) is 6.57. The van der Waals surface area contributed by atoms with E-state index < -0.39 is 5.54 Å². The summed E-state index contributed by atoms with van der Waals surface area (Å²) in [5.41, 5.74) is 6.72. The van der Waals surface area contributed by atoms with E-state index in [1.807, 2.05) is 31.0 Å². The van der Waals surface area contributed by atoms with E-state index in [4.69, 9.17) is 5.73 Å². The molecule has 3 heterocycles. The van der Waals surface area contributed by atoms with Crippen LogP contribution in [-0.4, -0.2) is 37.8 Å². The molecule has 4 rings (SSSR count). The Balaban J connectivity index is 1.57. The Bertz CT molecular complexity index is 860. The highest BCUT2D eigenvalue weighted by Crippen LogP contribution is 2.36. The van der Waals surface area contributed by atoms with Gasteiger partial charge in [0.2, 0.25) is 5.91 Å². The molecule has 8 heteroatoms. The van der Waals surface area contributed by atoms with Crippen molar-refractivity contribution in [3.8, 4) is 0 Å². The van der Waals surface area contributed by atoms with Gasteiger partial charge in [0.25, 0.3) is 0 Å². The molecule has 2 aromatic rings. The van der Waals surface area contributed by atoms with Crippen LogP contribution in [0.4, 0.5) is 10.9 Å². The first kappa shape index (κ1) is 19.3. The number of hydrogen-bond donors (Lipinski definition) is 2. The third kappa shape index (κ3) is 3.89. The fraction of sp³-hybridized carbons (Fsp3) is 0.600. The van der Waals surface area contributed by atoms with Crippen LogP contribution in [0, 0.1) is 13.8 Å². The molecule has 0 spiro atoms. The summed E-state index contributed by atoms with van der Waals surface area (Å²) < 4.78 is 0. The minimum Gasteiger partial charge on any atom is -0.332 e. The fourth-order valence-electron chi connectivity index (χ4n) is 4.35. The monoisotopic (exact) mass is 400 g/mol. The predicted molar refractivity (Wildman–Crippen MR) is 111 cm³/mol. The van der Waals surface area contributed by atoms with Crippen molar-refractivity contribution < 1.29 is 4.79 Å². The largest absolute Gasteiger partial charge is 0.332 e. The Labute approximate surface area is 169 Å². The Kier molecular flexibility index (Phi) is 5.33. The van der Waals surface area contributed by atoms with Gasteiger partial charge in [-0.05, 0) is 39.5 Å². The molecular formula is C20H28N6OS. The molecule has 0 radical (unpaired) electrons. The molecule has 3 N–H and O–H groups in total. The second-order valence-electron chi connectivity index (χ2n) is 8.00. The average Bonchev–Trinajstić information content (AvgIpc) is 3.30. The first-order chi connectivity index (χ1) is 13.4. The lowest BCUT2D eigenvalue weighted by Crippen LogP contribution is -2.56. The van der Waals surface area contributed by atoms with E-state index in [1.54, 1.807) is 11.3 Å². The van der Waals surface area contributed by atoms with Crippen molar-refractivity contribution in [1.82, 2.24) is 19.9 Å². The van der Waals surface area contributed by atoms with E-state index in [0.29, 0.717) is 5.82 Å². The molecule has 2 fully saturated rings. The van der Waals surface area contributed by atoms with Crippen LogP contribution in [0.5, 0.6) is 0 Å². The smallest absolute Gasteiger partial charge is 0.243 e. The number of nitrogens with zero attached hydrogens (tertiary/aromatic N) is 4. The lowest BCUT2D eigenvalue weighted by atomic mass is 9.81. The molecule has 0 bridgehead atoms. The van der Waals surface area contributed by atoms with E-state index in [2.05, 4.69) is 20.3 Å². The number of aromatic nitrogens is 3. The van der Waals surface area contributed by atoms with Gasteiger partial charge in [0.05, 0.1) is 17.3 Å². The second kappa shape index (κ2) is 7.75. The average molecular weight is 401 g/mol. The number of nitrogens with two attached hydrogens (primary N) is 1. The Morgan fingerprint density at radius 3 is 2.75 bits per heavy atom. The Morgan fingerprint density at radius 2 is 2.04 bits per heavy atom. The maximum Gasteiger partial charge on any atom is 0.243 e. The van der Waals surface area contributed by atoms with Crippen molar-refractivity contribution >= 4 is 28.2 Å². The Hall–Kier alpha value is -2.06. The maximum atomic E-state index is 13.3. The summed E-state index contributed by atoms with van der Waals surface area (Å²) in [6.07, 6.45) is 8.54. The zero-order chi connectivity index (χ0) is 19.7. The topological polar surface area (TPSA) is 97.0 Å². The molecule has 1 saturated heterocycles. The van der Waals surface area contributed by atoms with Crippen molar-refractivity contribution in [3.05, 3.63) is 28.7 Å². The molecule has 28 heavy (non-hydrogen) atoms. The molecule has 1 aliphatic heterocycles. The van der Waals surface area contributed by atoms with Gasteiger partial charge < -0.3 is 16.0 Å². The number of likely N-dealkylation sites (tertiary alicyclic amines) is 1. The summed E-state index contributed by atoms with van der Waals surface area (Å²) in [6, 6.07) is 1.92. The van der Waals surface area contributed by atoms with Crippen LogP contribution in [-0.2, 0) is 4.79 Å². The van der Waals surface area contributed by atoms with Crippen molar-refractivity contribution in [2.45, 2.75) is 70.4 Å². The minimum atomic E-state index is -0.706. The molecular weight excluding hydrogens is 372 g/mol. The molecule has 0 unspecified atom stereocenters. The summed E-state index contributed by atoms with van der Waals surface area (Å²) in [4.78, 5) is 29.9. The van der Waals surface area contributed by atoms with Gasteiger partial charge >= 0.3 is 0 Å². The van der Waals surface area contributed by atoms with Crippen LogP contribution in [0.3, 0.4) is 0 Å². The van der Waals surface area contributed by atoms with Gasteiger partial charge in [-0.25, -0.2) is 15.0 Å². The van der Waals surface area contributed by atoms with Crippen LogP contribution in [0.1, 0.15) is 67.4 Å². The van der Waals surface area contributed by atoms with Gasteiger partial charge in [-0.15, -0.1) is 11.3 Å². The van der Waals surface area contributed by atoms with Gasteiger partial charge in [-0.1, -0.05) is 19.3 Å². The zero-order valence-electron chi connectivity index (χ0n) is 16.6. The quantitative estimate of drug-likeness (QED) is 0.814. The van der Waals surface area contributed by atoms with E-state index in [1.165, 1.54) is 6.42 Å². The number of carbonyl (C=O) groups excluding carboxylic acids is 1. The number of carbonyl (C=O) groups is 1. The standard InChI is InChI=1S/C20H28N6OS/c1-13-12-22-19(28-13)25-17-11-15(23-14(2)24-17)16-7-6-10-26(16)18(27)20(21)8-4-3-5-9-20/h11-12,16H,3-10,21H2,1-2H3,(H,22,23,24,25)/t16-/m0/s1. The molecule has 1 amide bonds. The number of anilines is 2. The maximum absolute atomic E-state index is 13.3. The summed E-state index contributed by atoms with van der Waals surface area (Å²) in [5.74, 6) is 1.50. The summed E-state index contributed by atoms with van der Waals surface area (Å²) >= 11 is 1.59. The SMILES string of the molecule is Cc1nc(Nc2ncc(C)s2)cc([C@@H]2CCCN2C(=O)C2(N)CCCCC2)n1. The molecule has 0 aromatic carbocycles. The number of thiazole rings is 1. The zero-order valence-corrected chi connectivity index (χ0v) is 17.4. The van der Waals surface area contributed by atoms with Gasteiger partial charge in [-0.3, -0.25) is 4.79 Å². The molecule has 2 aromatic heterocycles. The van der Waals surface area contributed by atoms with Gasteiger partial charge in [0, 0.05) is 23.7 Å². The van der Waals surface area contributed by atoms with Gasteiger partial charge in [0.1, 0.15) is 11.6 Å². The molecule has 1 saturated carbocycles. The number of aryl methyl sites for hydroxylation is 2. The molecule has 2 aliphatic rings. The lowest BCUT2D eigenvalue weighted by molar-refractivity contribution is -0.139. The van der Waals surface area contributed by atoms with Crippen molar-refractivity contribution in [3.63, 3.8) is 0 Å². The summed E-state index contributed by atoms with van der Waals surface area (Å²) in [7, 11) is 0. The highest BCUT2D eigenvalue weighted by atomic mass is 32.1. The van der Waals surface area contributed by atoms with Crippen molar-refractivity contribution in [2.24, 2.45) is 5.73 Å². The Morgan fingerprint density at radius 1 is 1.25 bits per heavy atom. The first-order valence-corrected chi connectivity index (χ1v) is 10.9. The van der Waals surface area contributed by atoms with Gasteiger partial charge in [-0.2, -0.15) is 0 Å². The van der Waals surface area contributed by atoms with E-state index >= 15 is 0 Å². The number of amides is 1. The summed E-state index contributed by atoms with van der Waals surface area (Å²) in [6.45, 7) is 4.66. The van der Waals surface area contributed by atoms with Crippen molar-refractivity contribution in [1.29, 1.82) is 0 Å². The normalized spacial score (nSPS) is 21.7. The van der Waals surface area contributed by atoms with Crippen LogP contribution in [0.15, 0.2) is 12.3 Å². The van der Waals surface area contributed by atoms with Crippen molar-refractivity contribution in [2.75, 3.05) is 11.9 Å². The van der Waals surface area contributed by atoms with Gasteiger partial charge in [0.15, 0.2) is 5.13 Å². The van der Waals surface area contributed by atoms with Crippen LogP contribution in [0.25, 0.3) is 0 Å². The molecule has 150 valence electrons. The highest BCUT2D eigenvalue weighted by molar-refractivity contribution is 7.15. The van der Waals surface area contributed by atoms with Crippen LogP contribution >= 0.6 is 11.3 Å². The molecule has 1 aliphatic carbocycles. The first-order valence-electron chi connectivity index (χ1n) is 10.1. The van der Waals surface area contributed by atoms with Crippen LogP contribution < -0.4 is 11.1 Å². The van der Waals surface area contributed by atoms with Crippen LogP contribution in [0.2, 0.25) is 0 Å². The number of hydrogen-bond acceptors (Lipinski definition) is 7. The fourth-order valence-corrected chi connectivity index (χ4v) is 5.02. The minimum absolute atomic E-state index is 0.0323. The summed E-state index contributed by atoms with van der Waals surface area (Å²) in [5, 5.41) is 4.08. The van der Waals surface area contributed by atoms with E-state index in [-0.39, 0.29) is 11.9 Å². The lowest BCUT2D eigenvalue weighted by Gasteiger charge is -2.37. The second-order valence-corrected chi connectivity index (χ2v) is 9.23. The third-order valence-electron chi connectivity index (χ3n) is 5.74. The predicted octanol–water partition coefficient (Wildman–Crippen LogP) is 3.62.